The molecule has 8 heteroatoms. The third-order valence-electron chi connectivity index (χ3n) is 4.08. The van der Waals surface area contributed by atoms with Gasteiger partial charge in [0.05, 0.1) is 23.2 Å². The maximum Gasteiger partial charge on any atom is 0.123 e. The molecular weight excluding hydrogens is 345 g/mol. The summed E-state index contributed by atoms with van der Waals surface area (Å²) in [6, 6.07) is 12.8. The maximum atomic E-state index is 13.2. The van der Waals surface area contributed by atoms with E-state index in [4.69, 9.17) is 0 Å². The predicted molar refractivity (Wildman–Crippen MR) is 99.7 cm³/mol. The van der Waals surface area contributed by atoms with Gasteiger partial charge in [0.25, 0.3) is 0 Å². The Labute approximate surface area is 148 Å². The van der Waals surface area contributed by atoms with Gasteiger partial charge in [-0.3, -0.25) is 13.4 Å². The van der Waals surface area contributed by atoms with Crippen molar-refractivity contribution in [3.63, 3.8) is 0 Å². The Balaban J connectivity index is 1.94. The average molecular weight is 367 g/mol. The van der Waals surface area contributed by atoms with Crippen LogP contribution in [0.25, 0.3) is 0 Å². The Bertz CT molecular complexity index is 729. The van der Waals surface area contributed by atoms with Crippen molar-refractivity contribution in [3.05, 3.63) is 54.3 Å². The molecule has 0 saturated heterocycles. The summed E-state index contributed by atoms with van der Waals surface area (Å²) >= 11 is 0. The molecule has 0 aliphatic carbocycles. The molecule has 0 aromatic heterocycles. The molecule has 1 aliphatic rings. The summed E-state index contributed by atoms with van der Waals surface area (Å²) in [5.41, 5.74) is 1.80. The van der Waals surface area contributed by atoms with E-state index in [0.717, 1.165) is 0 Å². The molecular formula is C17H22FN3O3S. The lowest BCUT2D eigenvalue weighted by Gasteiger charge is -2.44. The number of likely N-dealkylation sites (N-methyl/N-ethyl adjacent to an activating group) is 1. The van der Waals surface area contributed by atoms with Crippen LogP contribution in [0.2, 0.25) is 0 Å². The first-order valence-electron chi connectivity index (χ1n) is 7.98. The second kappa shape index (κ2) is 7.19. The molecule has 0 bridgehead atoms. The molecule has 0 amide bonds. The maximum absolute atomic E-state index is 13.2. The number of aliphatic hydroxyl groups excluding tert-OH is 1. The number of para-hydroxylation sites is 2. The van der Waals surface area contributed by atoms with Crippen LogP contribution in [0.4, 0.5) is 21.5 Å². The predicted octanol–water partition coefficient (Wildman–Crippen LogP) is 3.33. The highest BCUT2D eigenvalue weighted by Crippen LogP contribution is 2.64. The minimum absolute atomic E-state index is 0.278. The zero-order chi connectivity index (χ0) is 18.0. The molecule has 0 saturated carbocycles. The van der Waals surface area contributed by atoms with Crippen molar-refractivity contribution in [2.75, 3.05) is 28.7 Å². The highest BCUT2D eigenvalue weighted by Gasteiger charge is 2.41. The van der Waals surface area contributed by atoms with Crippen LogP contribution in [0, 0.1) is 5.82 Å². The molecule has 25 heavy (non-hydrogen) atoms. The first kappa shape index (κ1) is 18.0. The van der Waals surface area contributed by atoms with Crippen LogP contribution in [0.5, 0.6) is 0 Å². The molecule has 0 radical (unpaired) electrons. The minimum atomic E-state index is -3.35. The van der Waals surface area contributed by atoms with Crippen LogP contribution in [0.1, 0.15) is 6.42 Å². The number of anilines is 3. The van der Waals surface area contributed by atoms with Crippen molar-refractivity contribution < 1.29 is 18.6 Å². The topological polar surface area (TPSA) is 79.2 Å². The molecule has 1 heterocycles. The van der Waals surface area contributed by atoms with Gasteiger partial charge in [-0.25, -0.2) is 8.70 Å². The Morgan fingerprint density at radius 1 is 1.08 bits per heavy atom. The fourth-order valence-electron chi connectivity index (χ4n) is 2.91. The number of halogens is 1. The monoisotopic (exact) mass is 367 g/mol. The molecule has 4 N–H and O–H groups in total. The molecule has 3 rings (SSSR count). The second-order valence-electron chi connectivity index (χ2n) is 5.85. The first-order valence-corrected chi connectivity index (χ1v) is 9.44. The normalized spacial score (nSPS) is 18.1. The van der Waals surface area contributed by atoms with Gasteiger partial charge in [-0.05, 0) is 60.8 Å². The van der Waals surface area contributed by atoms with Crippen molar-refractivity contribution in [1.29, 1.82) is 0 Å². The fourth-order valence-corrected chi connectivity index (χ4v) is 4.70. The van der Waals surface area contributed by atoms with Gasteiger partial charge in [-0.1, -0.05) is 12.1 Å². The third kappa shape index (κ3) is 3.44. The zero-order valence-electron chi connectivity index (χ0n) is 13.8. The van der Waals surface area contributed by atoms with E-state index < -0.39 is 17.1 Å². The number of hydrogen-bond acceptors (Lipinski definition) is 6. The first-order chi connectivity index (χ1) is 11.9. The van der Waals surface area contributed by atoms with E-state index in [1.807, 2.05) is 12.1 Å². The number of fused-ring (bicyclic) bond motifs is 1. The van der Waals surface area contributed by atoms with E-state index in [9.17, 15) is 18.6 Å². The largest absolute Gasteiger partial charge is 0.392 e. The summed E-state index contributed by atoms with van der Waals surface area (Å²) in [6.45, 7) is 0.705. The lowest BCUT2D eigenvalue weighted by Crippen LogP contribution is -2.34. The van der Waals surface area contributed by atoms with Gasteiger partial charge < -0.3 is 10.4 Å². The number of nitrogens with zero attached hydrogens (tertiary/aromatic N) is 2. The van der Waals surface area contributed by atoms with Gasteiger partial charge in [0.1, 0.15) is 5.82 Å². The number of aliphatic hydroxyl groups is 1. The van der Waals surface area contributed by atoms with Crippen LogP contribution in [0.3, 0.4) is 0 Å². The van der Waals surface area contributed by atoms with Gasteiger partial charge in [0.15, 0.2) is 0 Å². The van der Waals surface area contributed by atoms with E-state index in [1.165, 1.54) is 32.9 Å². The number of benzene rings is 2. The van der Waals surface area contributed by atoms with Crippen molar-refractivity contribution in [2.45, 2.75) is 12.5 Å². The fraction of sp³-hybridized carbons (Fsp3) is 0.294. The van der Waals surface area contributed by atoms with E-state index in [0.29, 0.717) is 30.0 Å². The van der Waals surface area contributed by atoms with Gasteiger partial charge >= 0.3 is 0 Å². The van der Waals surface area contributed by atoms with E-state index in [1.54, 1.807) is 19.2 Å². The average Bonchev–Trinajstić information content (AvgIpc) is 2.80. The molecule has 2 aromatic carbocycles. The van der Waals surface area contributed by atoms with Crippen LogP contribution in [-0.4, -0.2) is 40.5 Å². The Kier molecular flexibility index (Phi) is 5.16. The van der Waals surface area contributed by atoms with Gasteiger partial charge in [0.2, 0.25) is 0 Å². The summed E-state index contributed by atoms with van der Waals surface area (Å²) < 4.78 is 38.0. The van der Waals surface area contributed by atoms with Gasteiger partial charge in [-0.2, -0.15) is 0 Å². The molecule has 0 fully saturated rings. The molecule has 1 aliphatic heterocycles. The van der Waals surface area contributed by atoms with Crippen molar-refractivity contribution in [2.24, 2.45) is 0 Å². The van der Waals surface area contributed by atoms with E-state index in [-0.39, 0.29) is 12.4 Å². The highest BCUT2D eigenvalue weighted by atomic mass is 32.3. The van der Waals surface area contributed by atoms with Crippen molar-refractivity contribution >= 4 is 28.0 Å². The third-order valence-corrected chi connectivity index (χ3v) is 5.94. The molecule has 2 aromatic rings. The summed E-state index contributed by atoms with van der Waals surface area (Å²) in [6.07, 6.45) is -0.213. The van der Waals surface area contributed by atoms with Crippen molar-refractivity contribution in [1.82, 2.24) is 5.32 Å². The van der Waals surface area contributed by atoms with Gasteiger partial charge in [0, 0.05) is 13.1 Å². The van der Waals surface area contributed by atoms with Crippen LogP contribution in [-0.2, 0) is 0 Å². The Morgan fingerprint density at radius 3 is 2.36 bits per heavy atom. The van der Waals surface area contributed by atoms with Gasteiger partial charge in [-0.15, -0.1) is 0 Å². The van der Waals surface area contributed by atoms with Crippen molar-refractivity contribution in [3.8, 4) is 0 Å². The Morgan fingerprint density at radius 2 is 1.72 bits per heavy atom. The lowest BCUT2D eigenvalue weighted by molar-refractivity contribution is 0.167. The summed E-state index contributed by atoms with van der Waals surface area (Å²) in [7, 11) is -1.60. The number of hydrogen-bond donors (Lipinski definition) is 4. The SMILES string of the molecule is CNCC(O)CCN1c2ccccc2N(c2ccc(F)cc2)S1(O)O. The molecule has 1 unspecified atom stereocenters. The Hall–Kier alpha value is -1.84. The van der Waals surface area contributed by atoms with Crippen LogP contribution < -0.4 is 13.9 Å². The standard InChI is InChI=1S/C17H22FN3O3S/c1-19-12-15(22)10-11-20-16-4-2-3-5-17(16)21(25(20,23)24)14-8-6-13(18)7-9-14/h2-9,15,19,22-24H,10-12H2,1H3. The zero-order valence-corrected chi connectivity index (χ0v) is 14.7. The smallest absolute Gasteiger partial charge is 0.123 e. The summed E-state index contributed by atoms with van der Waals surface area (Å²) in [5, 5.41) is 12.8. The number of nitrogens with one attached hydrogen (secondary N) is 1. The highest BCUT2D eigenvalue weighted by molar-refractivity contribution is 8.27. The van der Waals surface area contributed by atoms with Crippen LogP contribution in [0.15, 0.2) is 48.5 Å². The number of rotatable bonds is 6. The molecule has 136 valence electrons. The molecule has 1 atom stereocenters. The van der Waals surface area contributed by atoms with E-state index >= 15 is 0 Å². The molecule has 0 spiro atoms. The molecule has 6 nitrogen and oxygen atoms in total. The second-order valence-corrected chi connectivity index (χ2v) is 7.64. The quantitative estimate of drug-likeness (QED) is 0.627. The van der Waals surface area contributed by atoms with Crippen LogP contribution >= 0.6 is 11.0 Å². The summed E-state index contributed by atoms with van der Waals surface area (Å²) in [4.78, 5) is 0. The summed E-state index contributed by atoms with van der Waals surface area (Å²) in [5.74, 6) is -0.389. The minimum Gasteiger partial charge on any atom is -0.392 e. The van der Waals surface area contributed by atoms with E-state index in [2.05, 4.69) is 5.32 Å². The lowest BCUT2D eigenvalue weighted by atomic mass is 10.2.